The van der Waals surface area contributed by atoms with Crippen molar-refractivity contribution in [2.24, 2.45) is 0 Å². The number of anilines is 1. The summed E-state index contributed by atoms with van der Waals surface area (Å²) in [6.07, 6.45) is 0.542. The highest BCUT2D eigenvalue weighted by atomic mass is 16.2. The number of rotatable bonds is 7. The van der Waals surface area contributed by atoms with Crippen LogP contribution in [0, 0.1) is 0 Å². The van der Waals surface area contributed by atoms with Crippen molar-refractivity contribution >= 4 is 11.6 Å². The molecule has 0 aromatic heterocycles. The van der Waals surface area contributed by atoms with E-state index in [1.165, 1.54) is 5.69 Å². The van der Waals surface area contributed by atoms with E-state index in [-0.39, 0.29) is 11.9 Å². The second-order valence-electron chi connectivity index (χ2n) is 5.47. The van der Waals surface area contributed by atoms with Crippen molar-refractivity contribution in [3.8, 4) is 0 Å². The summed E-state index contributed by atoms with van der Waals surface area (Å²) in [4.78, 5) is 15.9. The predicted molar refractivity (Wildman–Crippen MR) is 85.0 cm³/mol. The van der Waals surface area contributed by atoms with Crippen LogP contribution in [0.4, 0.5) is 5.69 Å². The Kier molecular flexibility index (Phi) is 6.52. The maximum Gasteiger partial charge on any atom is 0.224 e. The summed E-state index contributed by atoms with van der Waals surface area (Å²) in [5.41, 5.74) is 2.33. The minimum absolute atomic E-state index is 0.176. The van der Waals surface area contributed by atoms with Crippen LogP contribution in [-0.4, -0.2) is 44.5 Å². The first-order chi connectivity index (χ1) is 9.43. The van der Waals surface area contributed by atoms with E-state index in [1.54, 1.807) is 4.90 Å². The number of carbonyl (C=O) groups excluding carboxylic acids is 1. The molecule has 112 valence electrons. The molecular weight excluding hydrogens is 250 g/mol. The Bertz CT molecular complexity index is 414. The SMILES string of the molecule is CCNC(C)CC(=O)N(C)Cc1ccc(N(C)C)cc1. The molecule has 0 saturated carbocycles. The van der Waals surface area contributed by atoms with Gasteiger partial charge < -0.3 is 15.1 Å². The Hall–Kier alpha value is -1.55. The van der Waals surface area contributed by atoms with Crippen molar-refractivity contribution in [1.29, 1.82) is 0 Å². The molecule has 0 spiro atoms. The second kappa shape index (κ2) is 7.90. The monoisotopic (exact) mass is 277 g/mol. The van der Waals surface area contributed by atoms with E-state index in [1.807, 2.05) is 28.1 Å². The summed E-state index contributed by atoms with van der Waals surface area (Å²) in [7, 11) is 5.90. The Balaban J connectivity index is 2.52. The Morgan fingerprint density at radius 1 is 1.20 bits per heavy atom. The Labute approximate surface area is 122 Å². The summed E-state index contributed by atoms with van der Waals surface area (Å²) in [5.74, 6) is 0.176. The third-order valence-electron chi connectivity index (χ3n) is 3.33. The van der Waals surface area contributed by atoms with E-state index in [0.717, 1.165) is 12.1 Å². The first kappa shape index (κ1) is 16.5. The number of carbonyl (C=O) groups is 1. The van der Waals surface area contributed by atoms with Gasteiger partial charge in [0.25, 0.3) is 0 Å². The van der Waals surface area contributed by atoms with Gasteiger partial charge in [-0.3, -0.25) is 4.79 Å². The van der Waals surface area contributed by atoms with Crippen LogP contribution in [0.15, 0.2) is 24.3 Å². The molecule has 1 amide bonds. The lowest BCUT2D eigenvalue weighted by Crippen LogP contribution is -2.34. The fourth-order valence-electron chi connectivity index (χ4n) is 2.10. The Morgan fingerprint density at radius 3 is 2.30 bits per heavy atom. The normalized spacial score (nSPS) is 12.1. The van der Waals surface area contributed by atoms with Crippen molar-refractivity contribution in [2.75, 3.05) is 32.6 Å². The lowest BCUT2D eigenvalue weighted by atomic mass is 10.1. The number of amides is 1. The molecule has 1 unspecified atom stereocenters. The molecule has 4 heteroatoms. The van der Waals surface area contributed by atoms with Crippen LogP contribution in [0.25, 0.3) is 0 Å². The molecular formula is C16H27N3O. The van der Waals surface area contributed by atoms with Crippen molar-refractivity contribution in [3.63, 3.8) is 0 Å². The smallest absolute Gasteiger partial charge is 0.224 e. The van der Waals surface area contributed by atoms with Crippen molar-refractivity contribution in [2.45, 2.75) is 32.9 Å². The zero-order valence-corrected chi connectivity index (χ0v) is 13.3. The van der Waals surface area contributed by atoms with Crippen LogP contribution >= 0.6 is 0 Å². The number of benzene rings is 1. The summed E-state index contributed by atoms with van der Waals surface area (Å²) in [5, 5.41) is 3.26. The average molecular weight is 277 g/mol. The van der Waals surface area contributed by atoms with E-state index in [2.05, 4.69) is 41.4 Å². The van der Waals surface area contributed by atoms with Gasteiger partial charge in [-0.25, -0.2) is 0 Å². The maximum atomic E-state index is 12.1. The lowest BCUT2D eigenvalue weighted by molar-refractivity contribution is -0.130. The molecule has 20 heavy (non-hydrogen) atoms. The first-order valence-electron chi connectivity index (χ1n) is 7.17. The zero-order valence-electron chi connectivity index (χ0n) is 13.3. The quantitative estimate of drug-likeness (QED) is 0.829. The van der Waals surface area contributed by atoms with E-state index in [4.69, 9.17) is 0 Å². The van der Waals surface area contributed by atoms with Crippen molar-refractivity contribution in [1.82, 2.24) is 10.2 Å². The molecule has 1 aromatic rings. The molecule has 1 atom stereocenters. The highest BCUT2D eigenvalue weighted by Crippen LogP contribution is 2.13. The Morgan fingerprint density at radius 2 is 1.80 bits per heavy atom. The minimum Gasteiger partial charge on any atom is -0.378 e. The fraction of sp³-hybridized carbons (Fsp3) is 0.562. The van der Waals surface area contributed by atoms with Gasteiger partial charge in [-0.2, -0.15) is 0 Å². The first-order valence-corrected chi connectivity index (χ1v) is 7.17. The second-order valence-corrected chi connectivity index (χ2v) is 5.47. The van der Waals surface area contributed by atoms with Crippen LogP contribution in [0.5, 0.6) is 0 Å². The zero-order chi connectivity index (χ0) is 15.1. The molecule has 0 aliphatic carbocycles. The van der Waals surface area contributed by atoms with Gasteiger partial charge in [-0.1, -0.05) is 19.1 Å². The van der Waals surface area contributed by atoms with Gasteiger partial charge in [0.05, 0.1) is 0 Å². The van der Waals surface area contributed by atoms with Crippen molar-refractivity contribution in [3.05, 3.63) is 29.8 Å². The van der Waals surface area contributed by atoms with Crippen LogP contribution < -0.4 is 10.2 Å². The molecule has 1 rings (SSSR count). The standard InChI is InChI=1S/C16H27N3O/c1-6-17-13(2)11-16(20)19(5)12-14-7-9-15(10-8-14)18(3)4/h7-10,13,17H,6,11-12H2,1-5H3. The molecule has 0 bridgehead atoms. The summed E-state index contributed by atoms with van der Waals surface area (Å²) >= 11 is 0. The van der Waals surface area contributed by atoms with Crippen LogP contribution in [0.3, 0.4) is 0 Å². The summed E-state index contributed by atoms with van der Waals surface area (Å²) in [6.45, 7) is 5.65. The number of nitrogens with zero attached hydrogens (tertiary/aromatic N) is 2. The largest absolute Gasteiger partial charge is 0.378 e. The molecule has 0 aliphatic rings. The molecule has 0 aliphatic heterocycles. The van der Waals surface area contributed by atoms with Gasteiger partial charge >= 0.3 is 0 Å². The number of nitrogens with one attached hydrogen (secondary N) is 1. The van der Waals surface area contributed by atoms with Gasteiger partial charge in [0.15, 0.2) is 0 Å². The van der Waals surface area contributed by atoms with E-state index in [0.29, 0.717) is 13.0 Å². The van der Waals surface area contributed by atoms with E-state index < -0.39 is 0 Å². The number of hydrogen-bond donors (Lipinski definition) is 1. The van der Waals surface area contributed by atoms with Gasteiger partial charge in [-0.15, -0.1) is 0 Å². The molecule has 0 saturated heterocycles. The molecule has 0 heterocycles. The molecule has 4 nitrogen and oxygen atoms in total. The van der Waals surface area contributed by atoms with Gasteiger partial charge in [0.2, 0.25) is 5.91 Å². The fourth-order valence-corrected chi connectivity index (χ4v) is 2.10. The predicted octanol–water partition coefficient (Wildman–Crippen LogP) is 2.10. The molecule has 0 radical (unpaired) electrons. The highest BCUT2D eigenvalue weighted by molar-refractivity contribution is 5.76. The third-order valence-corrected chi connectivity index (χ3v) is 3.33. The highest BCUT2D eigenvalue weighted by Gasteiger charge is 2.13. The summed E-state index contributed by atoms with van der Waals surface area (Å²) in [6, 6.07) is 8.54. The van der Waals surface area contributed by atoms with Crippen LogP contribution in [0.2, 0.25) is 0 Å². The van der Waals surface area contributed by atoms with Crippen molar-refractivity contribution < 1.29 is 4.79 Å². The minimum atomic E-state index is 0.176. The van der Waals surface area contributed by atoms with Crippen LogP contribution in [0.1, 0.15) is 25.8 Å². The third kappa shape index (κ3) is 5.21. The molecule has 1 aromatic carbocycles. The van der Waals surface area contributed by atoms with Gasteiger partial charge in [0, 0.05) is 45.8 Å². The van der Waals surface area contributed by atoms with E-state index >= 15 is 0 Å². The molecule has 0 fully saturated rings. The topological polar surface area (TPSA) is 35.6 Å². The summed E-state index contributed by atoms with van der Waals surface area (Å²) < 4.78 is 0. The lowest BCUT2D eigenvalue weighted by Gasteiger charge is -2.20. The van der Waals surface area contributed by atoms with E-state index in [9.17, 15) is 4.79 Å². The van der Waals surface area contributed by atoms with Gasteiger partial charge in [-0.05, 0) is 31.2 Å². The van der Waals surface area contributed by atoms with Gasteiger partial charge in [0.1, 0.15) is 0 Å². The van der Waals surface area contributed by atoms with Crippen LogP contribution in [-0.2, 0) is 11.3 Å². The molecule has 1 N–H and O–H groups in total. The number of hydrogen-bond acceptors (Lipinski definition) is 3. The maximum absolute atomic E-state index is 12.1. The average Bonchev–Trinajstić information content (AvgIpc) is 2.39.